The SMILES string of the molecule is O=C(NCC1CC(=O)N(c2ccccc2)C1)c1ccc(Cl)c(Cl)c1. The molecule has 124 valence electrons. The molecular weight excluding hydrogens is 347 g/mol. The maximum Gasteiger partial charge on any atom is 0.251 e. The minimum atomic E-state index is -0.223. The number of carbonyl (C=O) groups excluding carboxylic acids is 2. The lowest BCUT2D eigenvalue weighted by Crippen LogP contribution is -2.31. The van der Waals surface area contributed by atoms with Gasteiger partial charge < -0.3 is 10.2 Å². The molecule has 3 rings (SSSR count). The number of para-hydroxylation sites is 1. The average molecular weight is 363 g/mol. The lowest BCUT2D eigenvalue weighted by Gasteiger charge is -2.17. The zero-order valence-corrected chi connectivity index (χ0v) is 14.3. The molecule has 1 saturated heterocycles. The summed E-state index contributed by atoms with van der Waals surface area (Å²) in [6.07, 6.45) is 0.427. The summed E-state index contributed by atoms with van der Waals surface area (Å²) in [6.45, 7) is 1.04. The summed E-state index contributed by atoms with van der Waals surface area (Å²) in [4.78, 5) is 26.1. The second-order valence-electron chi connectivity index (χ2n) is 5.75. The van der Waals surface area contributed by atoms with Crippen molar-refractivity contribution in [1.82, 2.24) is 5.32 Å². The predicted molar refractivity (Wildman–Crippen MR) is 95.7 cm³/mol. The molecule has 0 aromatic heterocycles. The van der Waals surface area contributed by atoms with Crippen molar-refractivity contribution in [2.75, 3.05) is 18.0 Å². The fourth-order valence-electron chi connectivity index (χ4n) is 2.75. The standard InChI is InChI=1S/C18H16Cl2N2O2/c19-15-7-6-13(9-16(15)20)18(24)21-10-12-8-17(23)22(11-12)14-4-2-1-3-5-14/h1-7,9,12H,8,10-11H2,(H,21,24). The van der Waals surface area contributed by atoms with E-state index in [4.69, 9.17) is 23.2 Å². The Balaban J connectivity index is 1.58. The summed E-state index contributed by atoms with van der Waals surface area (Å²) in [5.41, 5.74) is 1.34. The Labute approximate surface area is 150 Å². The van der Waals surface area contributed by atoms with Crippen LogP contribution in [0.4, 0.5) is 5.69 Å². The van der Waals surface area contributed by atoms with E-state index in [1.807, 2.05) is 30.3 Å². The van der Waals surface area contributed by atoms with E-state index in [1.165, 1.54) is 6.07 Å². The summed E-state index contributed by atoms with van der Waals surface area (Å²) < 4.78 is 0. The molecule has 1 fully saturated rings. The van der Waals surface area contributed by atoms with Crippen LogP contribution in [0.1, 0.15) is 16.8 Å². The molecule has 24 heavy (non-hydrogen) atoms. The number of halogens is 2. The molecule has 2 aromatic carbocycles. The van der Waals surface area contributed by atoms with E-state index < -0.39 is 0 Å². The number of hydrogen-bond acceptors (Lipinski definition) is 2. The van der Waals surface area contributed by atoms with Gasteiger partial charge in [-0.1, -0.05) is 41.4 Å². The smallest absolute Gasteiger partial charge is 0.251 e. The Morgan fingerprint density at radius 2 is 1.88 bits per heavy atom. The highest BCUT2D eigenvalue weighted by Gasteiger charge is 2.30. The summed E-state index contributed by atoms with van der Waals surface area (Å²) in [5, 5.41) is 3.61. The minimum Gasteiger partial charge on any atom is -0.352 e. The Morgan fingerprint density at radius 3 is 2.58 bits per heavy atom. The van der Waals surface area contributed by atoms with Crippen molar-refractivity contribution < 1.29 is 9.59 Å². The van der Waals surface area contributed by atoms with Gasteiger partial charge in [-0.15, -0.1) is 0 Å². The topological polar surface area (TPSA) is 49.4 Å². The van der Waals surface area contributed by atoms with Crippen LogP contribution in [0.3, 0.4) is 0 Å². The third-order valence-electron chi connectivity index (χ3n) is 4.01. The fourth-order valence-corrected chi connectivity index (χ4v) is 3.05. The number of hydrogen-bond donors (Lipinski definition) is 1. The largest absolute Gasteiger partial charge is 0.352 e. The van der Waals surface area contributed by atoms with Gasteiger partial charge in [0, 0.05) is 36.7 Å². The molecule has 2 aromatic rings. The molecule has 6 heteroatoms. The van der Waals surface area contributed by atoms with Gasteiger partial charge in [-0.25, -0.2) is 0 Å². The molecule has 1 unspecified atom stereocenters. The summed E-state index contributed by atoms with van der Waals surface area (Å²) in [7, 11) is 0. The Bertz CT molecular complexity index is 765. The Morgan fingerprint density at radius 1 is 1.12 bits per heavy atom. The molecule has 0 aliphatic carbocycles. The van der Waals surface area contributed by atoms with E-state index in [-0.39, 0.29) is 17.7 Å². The normalized spacial score (nSPS) is 17.2. The number of anilines is 1. The predicted octanol–water partition coefficient (Wildman–Crippen LogP) is 3.78. The molecule has 1 heterocycles. The summed E-state index contributed by atoms with van der Waals surface area (Å²) in [6, 6.07) is 14.3. The van der Waals surface area contributed by atoms with Crippen molar-refractivity contribution in [3.63, 3.8) is 0 Å². The van der Waals surface area contributed by atoms with Crippen molar-refractivity contribution in [3.05, 3.63) is 64.1 Å². The van der Waals surface area contributed by atoms with Gasteiger partial charge >= 0.3 is 0 Å². The zero-order valence-electron chi connectivity index (χ0n) is 12.8. The van der Waals surface area contributed by atoms with Crippen molar-refractivity contribution in [3.8, 4) is 0 Å². The quantitative estimate of drug-likeness (QED) is 0.899. The molecule has 4 nitrogen and oxygen atoms in total. The first kappa shape index (κ1) is 16.8. The number of rotatable bonds is 4. The van der Waals surface area contributed by atoms with Crippen molar-refractivity contribution >= 4 is 40.7 Å². The van der Waals surface area contributed by atoms with E-state index in [2.05, 4.69) is 5.32 Å². The van der Waals surface area contributed by atoms with Gasteiger partial charge in [-0.2, -0.15) is 0 Å². The Hall–Kier alpha value is -2.04. The van der Waals surface area contributed by atoms with Crippen LogP contribution >= 0.6 is 23.2 Å². The van der Waals surface area contributed by atoms with Gasteiger partial charge in [-0.05, 0) is 30.3 Å². The molecule has 1 aliphatic heterocycles. The molecule has 1 atom stereocenters. The highest BCUT2D eigenvalue weighted by Crippen LogP contribution is 2.25. The van der Waals surface area contributed by atoms with E-state index in [0.717, 1.165) is 5.69 Å². The first-order chi connectivity index (χ1) is 11.5. The number of amides is 2. The van der Waals surface area contributed by atoms with Gasteiger partial charge in [0.1, 0.15) is 0 Å². The lowest BCUT2D eigenvalue weighted by molar-refractivity contribution is -0.117. The van der Waals surface area contributed by atoms with Crippen LogP contribution in [-0.4, -0.2) is 24.9 Å². The van der Waals surface area contributed by atoms with E-state index in [0.29, 0.717) is 35.1 Å². The number of nitrogens with one attached hydrogen (secondary N) is 1. The van der Waals surface area contributed by atoms with E-state index in [1.54, 1.807) is 17.0 Å². The van der Waals surface area contributed by atoms with E-state index >= 15 is 0 Å². The molecule has 0 spiro atoms. The number of benzene rings is 2. The number of nitrogens with zero attached hydrogens (tertiary/aromatic N) is 1. The molecule has 0 bridgehead atoms. The van der Waals surface area contributed by atoms with Gasteiger partial charge in [0.05, 0.1) is 10.0 Å². The number of carbonyl (C=O) groups is 2. The highest BCUT2D eigenvalue weighted by molar-refractivity contribution is 6.42. The van der Waals surface area contributed by atoms with Gasteiger partial charge in [-0.3, -0.25) is 9.59 Å². The maximum absolute atomic E-state index is 12.2. The third kappa shape index (κ3) is 3.71. The van der Waals surface area contributed by atoms with Crippen molar-refractivity contribution in [1.29, 1.82) is 0 Å². The maximum atomic E-state index is 12.2. The van der Waals surface area contributed by atoms with Crippen LogP contribution < -0.4 is 10.2 Å². The third-order valence-corrected chi connectivity index (χ3v) is 4.75. The average Bonchev–Trinajstić information content (AvgIpc) is 2.97. The second kappa shape index (κ2) is 7.24. The van der Waals surface area contributed by atoms with Crippen LogP contribution in [0.5, 0.6) is 0 Å². The van der Waals surface area contributed by atoms with Crippen LogP contribution in [-0.2, 0) is 4.79 Å². The van der Waals surface area contributed by atoms with E-state index in [9.17, 15) is 9.59 Å². The van der Waals surface area contributed by atoms with Crippen molar-refractivity contribution in [2.24, 2.45) is 5.92 Å². The van der Waals surface area contributed by atoms with Crippen LogP contribution in [0.25, 0.3) is 0 Å². The Kier molecular flexibility index (Phi) is 5.07. The molecule has 1 aliphatic rings. The first-order valence-electron chi connectivity index (χ1n) is 7.63. The molecule has 1 N–H and O–H groups in total. The summed E-state index contributed by atoms with van der Waals surface area (Å²) in [5.74, 6) is -0.0569. The van der Waals surface area contributed by atoms with Gasteiger partial charge in [0.2, 0.25) is 5.91 Å². The summed E-state index contributed by atoms with van der Waals surface area (Å²) >= 11 is 11.8. The molecule has 0 radical (unpaired) electrons. The fraction of sp³-hybridized carbons (Fsp3) is 0.222. The van der Waals surface area contributed by atoms with Crippen LogP contribution in [0.15, 0.2) is 48.5 Å². The van der Waals surface area contributed by atoms with Crippen molar-refractivity contribution in [2.45, 2.75) is 6.42 Å². The molecule has 0 saturated carbocycles. The minimum absolute atomic E-state index is 0.0787. The molecule has 2 amide bonds. The monoisotopic (exact) mass is 362 g/mol. The first-order valence-corrected chi connectivity index (χ1v) is 8.39. The lowest BCUT2D eigenvalue weighted by atomic mass is 10.1. The van der Waals surface area contributed by atoms with Crippen LogP contribution in [0.2, 0.25) is 10.0 Å². The second-order valence-corrected chi connectivity index (χ2v) is 6.56. The highest BCUT2D eigenvalue weighted by atomic mass is 35.5. The van der Waals surface area contributed by atoms with Crippen LogP contribution in [0, 0.1) is 5.92 Å². The zero-order chi connectivity index (χ0) is 17.1. The molecular formula is C18H16Cl2N2O2. The van der Waals surface area contributed by atoms with Gasteiger partial charge in [0.15, 0.2) is 0 Å². The van der Waals surface area contributed by atoms with Gasteiger partial charge in [0.25, 0.3) is 5.91 Å².